The Morgan fingerprint density at radius 3 is 2.48 bits per heavy atom. The molecule has 0 aliphatic heterocycles. The second-order valence-corrected chi connectivity index (χ2v) is 6.59. The number of nitrogens with zero attached hydrogens (tertiary/aromatic N) is 1. The number of hydrogen-bond acceptors (Lipinski definition) is 5. The SMILES string of the molecule is COC(=O)CCN(C(=O)/C=C/c1cc(OC)ccc1OC)C1CCCCC1. The van der Waals surface area contributed by atoms with E-state index in [0.717, 1.165) is 31.2 Å². The Morgan fingerprint density at radius 2 is 1.85 bits per heavy atom. The van der Waals surface area contributed by atoms with Crippen LogP contribution in [0.15, 0.2) is 24.3 Å². The van der Waals surface area contributed by atoms with Crippen molar-refractivity contribution >= 4 is 18.0 Å². The van der Waals surface area contributed by atoms with E-state index in [0.29, 0.717) is 18.0 Å². The van der Waals surface area contributed by atoms with Gasteiger partial charge in [0.1, 0.15) is 11.5 Å². The Morgan fingerprint density at radius 1 is 1.11 bits per heavy atom. The van der Waals surface area contributed by atoms with E-state index < -0.39 is 0 Å². The first-order chi connectivity index (χ1) is 13.1. The van der Waals surface area contributed by atoms with Crippen LogP contribution in [-0.2, 0) is 14.3 Å². The minimum atomic E-state index is -0.304. The van der Waals surface area contributed by atoms with Gasteiger partial charge in [-0.3, -0.25) is 9.59 Å². The third kappa shape index (κ3) is 6.01. The molecule has 1 saturated carbocycles. The highest BCUT2D eigenvalue weighted by Gasteiger charge is 2.24. The number of rotatable bonds is 8. The number of methoxy groups -OCH3 is 3. The van der Waals surface area contributed by atoms with Crippen LogP contribution >= 0.6 is 0 Å². The molecule has 0 radical (unpaired) electrons. The van der Waals surface area contributed by atoms with E-state index in [1.165, 1.54) is 13.5 Å². The van der Waals surface area contributed by atoms with Crippen LogP contribution in [0.1, 0.15) is 44.1 Å². The molecule has 0 unspecified atom stereocenters. The maximum absolute atomic E-state index is 12.9. The zero-order valence-corrected chi connectivity index (χ0v) is 16.4. The molecule has 6 heteroatoms. The second-order valence-electron chi connectivity index (χ2n) is 6.59. The maximum atomic E-state index is 12.9. The number of hydrogen-bond donors (Lipinski definition) is 0. The molecule has 1 aromatic rings. The van der Waals surface area contributed by atoms with Gasteiger partial charge in [0.2, 0.25) is 5.91 Å². The molecule has 0 N–H and O–H groups in total. The first-order valence-electron chi connectivity index (χ1n) is 9.36. The van der Waals surface area contributed by atoms with Crippen molar-refractivity contribution in [2.45, 2.75) is 44.6 Å². The molecule has 1 aliphatic carbocycles. The Labute approximate surface area is 161 Å². The van der Waals surface area contributed by atoms with Gasteiger partial charge in [0.15, 0.2) is 0 Å². The molecule has 0 bridgehead atoms. The molecule has 1 aliphatic rings. The molecule has 0 spiro atoms. The summed E-state index contributed by atoms with van der Waals surface area (Å²) < 4.78 is 15.3. The molecular formula is C21H29NO5. The standard InChI is InChI=1S/C21H29NO5/c1-25-18-10-11-19(26-2)16(15-18)9-12-20(23)22(14-13-21(24)27-3)17-7-5-4-6-8-17/h9-12,15,17H,4-8,13-14H2,1-3H3/b12-9+. The number of carbonyl (C=O) groups is 2. The minimum absolute atomic E-state index is 0.101. The predicted octanol–water partition coefficient (Wildman–Crippen LogP) is 3.44. The van der Waals surface area contributed by atoms with Gasteiger partial charge < -0.3 is 19.1 Å². The Hall–Kier alpha value is -2.50. The molecule has 1 aromatic carbocycles. The summed E-state index contributed by atoms with van der Waals surface area (Å²) in [6, 6.07) is 5.61. The van der Waals surface area contributed by atoms with Crippen LogP contribution in [0.3, 0.4) is 0 Å². The monoisotopic (exact) mass is 375 g/mol. The van der Waals surface area contributed by atoms with E-state index in [2.05, 4.69) is 0 Å². The van der Waals surface area contributed by atoms with Gasteiger partial charge in [-0.15, -0.1) is 0 Å². The summed E-state index contributed by atoms with van der Waals surface area (Å²) in [5, 5.41) is 0. The van der Waals surface area contributed by atoms with Crippen LogP contribution in [0.2, 0.25) is 0 Å². The lowest BCUT2D eigenvalue weighted by Crippen LogP contribution is -2.41. The molecule has 0 atom stereocenters. The Bertz CT molecular complexity index is 665. The summed E-state index contributed by atoms with van der Waals surface area (Å²) in [6.07, 6.45) is 8.86. The molecule has 148 valence electrons. The van der Waals surface area contributed by atoms with Crippen LogP contribution in [0.4, 0.5) is 0 Å². The highest BCUT2D eigenvalue weighted by atomic mass is 16.5. The fraction of sp³-hybridized carbons (Fsp3) is 0.524. The molecule has 0 heterocycles. The van der Waals surface area contributed by atoms with Crippen LogP contribution in [0.5, 0.6) is 11.5 Å². The average Bonchev–Trinajstić information content (AvgIpc) is 2.72. The van der Waals surface area contributed by atoms with Crippen molar-refractivity contribution in [3.63, 3.8) is 0 Å². The van der Waals surface area contributed by atoms with Crippen molar-refractivity contribution in [1.82, 2.24) is 4.90 Å². The Balaban J connectivity index is 2.16. The number of ether oxygens (including phenoxy) is 3. The van der Waals surface area contributed by atoms with E-state index in [4.69, 9.17) is 14.2 Å². The summed E-state index contributed by atoms with van der Waals surface area (Å²) >= 11 is 0. The summed E-state index contributed by atoms with van der Waals surface area (Å²) in [5.41, 5.74) is 0.766. The molecular weight excluding hydrogens is 346 g/mol. The summed E-state index contributed by atoms with van der Waals surface area (Å²) in [4.78, 5) is 26.2. The molecule has 6 nitrogen and oxygen atoms in total. The lowest BCUT2D eigenvalue weighted by molar-refractivity contribution is -0.141. The van der Waals surface area contributed by atoms with Crippen LogP contribution in [0.25, 0.3) is 6.08 Å². The summed E-state index contributed by atoms with van der Waals surface area (Å²) in [5.74, 6) is 0.953. The molecule has 0 saturated heterocycles. The van der Waals surface area contributed by atoms with Crippen molar-refractivity contribution < 1.29 is 23.8 Å². The van der Waals surface area contributed by atoms with Gasteiger partial charge in [0.25, 0.3) is 0 Å². The fourth-order valence-corrected chi connectivity index (χ4v) is 3.41. The first kappa shape index (κ1) is 20.8. The van der Waals surface area contributed by atoms with E-state index in [1.54, 1.807) is 37.3 Å². The molecule has 1 fully saturated rings. The number of benzene rings is 1. The van der Waals surface area contributed by atoms with Gasteiger partial charge in [-0.1, -0.05) is 19.3 Å². The van der Waals surface area contributed by atoms with Crippen LogP contribution < -0.4 is 9.47 Å². The Kier molecular flexibility index (Phi) is 8.17. The van der Waals surface area contributed by atoms with Crippen molar-refractivity contribution in [2.75, 3.05) is 27.9 Å². The normalized spacial score (nSPS) is 14.8. The van der Waals surface area contributed by atoms with Gasteiger partial charge >= 0.3 is 5.97 Å². The third-order valence-corrected chi connectivity index (χ3v) is 4.93. The topological polar surface area (TPSA) is 65.1 Å². The smallest absolute Gasteiger partial charge is 0.307 e. The van der Waals surface area contributed by atoms with Gasteiger partial charge in [0, 0.05) is 24.2 Å². The average molecular weight is 375 g/mol. The zero-order chi connectivity index (χ0) is 19.6. The minimum Gasteiger partial charge on any atom is -0.497 e. The number of carbonyl (C=O) groups excluding carboxylic acids is 2. The van der Waals surface area contributed by atoms with Crippen LogP contribution in [0, 0.1) is 0 Å². The summed E-state index contributed by atoms with van der Waals surface area (Å²) in [6.45, 7) is 0.371. The largest absolute Gasteiger partial charge is 0.497 e. The van der Waals surface area contributed by atoms with Gasteiger partial charge in [-0.05, 0) is 37.1 Å². The number of amides is 1. The van der Waals surface area contributed by atoms with Gasteiger partial charge in [-0.2, -0.15) is 0 Å². The van der Waals surface area contributed by atoms with Crippen LogP contribution in [-0.4, -0.2) is 50.7 Å². The predicted molar refractivity (Wildman–Crippen MR) is 104 cm³/mol. The van der Waals surface area contributed by atoms with E-state index >= 15 is 0 Å². The lowest BCUT2D eigenvalue weighted by Gasteiger charge is -2.33. The molecule has 2 rings (SSSR count). The second kappa shape index (κ2) is 10.6. The highest BCUT2D eigenvalue weighted by molar-refractivity contribution is 5.92. The highest BCUT2D eigenvalue weighted by Crippen LogP contribution is 2.26. The van der Waals surface area contributed by atoms with E-state index in [-0.39, 0.29) is 24.3 Å². The van der Waals surface area contributed by atoms with Crippen molar-refractivity contribution in [1.29, 1.82) is 0 Å². The van der Waals surface area contributed by atoms with Gasteiger partial charge in [0.05, 0.1) is 27.8 Å². The lowest BCUT2D eigenvalue weighted by atomic mass is 9.94. The summed E-state index contributed by atoms with van der Waals surface area (Å²) in [7, 11) is 4.55. The molecule has 1 amide bonds. The van der Waals surface area contributed by atoms with Crippen molar-refractivity contribution in [3.05, 3.63) is 29.8 Å². The molecule has 0 aromatic heterocycles. The van der Waals surface area contributed by atoms with Gasteiger partial charge in [-0.25, -0.2) is 0 Å². The zero-order valence-electron chi connectivity index (χ0n) is 16.4. The van der Waals surface area contributed by atoms with Crippen molar-refractivity contribution in [2.24, 2.45) is 0 Å². The van der Waals surface area contributed by atoms with Crippen molar-refractivity contribution in [3.8, 4) is 11.5 Å². The first-order valence-corrected chi connectivity index (χ1v) is 9.36. The van der Waals surface area contributed by atoms with E-state index in [1.807, 2.05) is 12.1 Å². The number of esters is 1. The molecule has 27 heavy (non-hydrogen) atoms. The maximum Gasteiger partial charge on any atom is 0.307 e. The quantitative estimate of drug-likeness (QED) is 0.514. The van der Waals surface area contributed by atoms with E-state index in [9.17, 15) is 9.59 Å². The fourth-order valence-electron chi connectivity index (χ4n) is 3.41. The third-order valence-electron chi connectivity index (χ3n) is 4.93.